The highest BCUT2D eigenvalue weighted by atomic mass is 16.5. The molecule has 0 unspecified atom stereocenters. The van der Waals surface area contributed by atoms with Gasteiger partial charge in [-0.1, -0.05) is 29.4 Å². The van der Waals surface area contributed by atoms with Crippen LogP contribution in [0.2, 0.25) is 0 Å². The zero-order chi connectivity index (χ0) is 9.97. The van der Waals surface area contributed by atoms with E-state index in [4.69, 9.17) is 4.52 Å². The van der Waals surface area contributed by atoms with Gasteiger partial charge in [0.15, 0.2) is 6.29 Å². The molecule has 2 aromatic rings. The number of rotatable bonds is 2. The van der Waals surface area contributed by atoms with Crippen molar-refractivity contribution in [1.82, 2.24) is 5.16 Å². The van der Waals surface area contributed by atoms with Gasteiger partial charge in [-0.15, -0.1) is 0 Å². The van der Waals surface area contributed by atoms with Gasteiger partial charge < -0.3 is 4.52 Å². The average molecular weight is 187 g/mol. The number of hydrogen-bond acceptors (Lipinski definition) is 3. The highest BCUT2D eigenvalue weighted by Crippen LogP contribution is 2.25. The standard InChI is InChI=1S/C11H9NO2/c1-8-4-2-3-5-9(8)10-6-12-14-11(10)7-13/h2-7H,1H3. The first-order chi connectivity index (χ1) is 6.83. The molecule has 0 saturated carbocycles. The van der Waals surface area contributed by atoms with Crippen LogP contribution < -0.4 is 0 Å². The molecular weight excluding hydrogens is 178 g/mol. The summed E-state index contributed by atoms with van der Waals surface area (Å²) in [6.07, 6.45) is 2.24. The van der Waals surface area contributed by atoms with Gasteiger partial charge in [0, 0.05) is 0 Å². The second-order valence-corrected chi connectivity index (χ2v) is 3.04. The van der Waals surface area contributed by atoms with Crippen molar-refractivity contribution in [3.8, 4) is 11.1 Å². The van der Waals surface area contributed by atoms with Gasteiger partial charge in [0.1, 0.15) is 0 Å². The third kappa shape index (κ3) is 1.33. The maximum absolute atomic E-state index is 10.6. The number of aryl methyl sites for hydroxylation is 1. The predicted octanol–water partition coefficient (Wildman–Crippen LogP) is 2.46. The lowest BCUT2D eigenvalue weighted by atomic mass is 10.0. The molecular formula is C11H9NO2. The van der Waals surface area contributed by atoms with E-state index in [1.54, 1.807) is 6.20 Å². The van der Waals surface area contributed by atoms with Gasteiger partial charge >= 0.3 is 0 Å². The van der Waals surface area contributed by atoms with E-state index >= 15 is 0 Å². The molecule has 1 aromatic heterocycles. The Hall–Kier alpha value is -1.90. The van der Waals surface area contributed by atoms with E-state index in [-0.39, 0.29) is 5.76 Å². The lowest BCUT2D eigenvalue weighted by Crippen LogP contribution is -1.84. The van der Waals surface area contributed by atoms with Crippen molar-refractivity contribution in [3.63, 3.8) is 0 Å². The highest BCUT2D eigenvalue weighted by molar-refractivity contribution is 5.84. The summed E-state index contributed by atoms with van der Waals surface area (Å²) in [5.74, 6) is 0.277. The molecule has 1 heterocycles. The zero-order valence-corrected chi connectivity index (χ0v) is 7.73. The fourth-order valence-electron chi connectivity index (χ4n) is 1.41. The van der Waals surface area contributed by atoms with Crippen LogP contribution in [0.15, 0.2) is 35.0 Å². The number of hydrogen-bond donors (Lipinski definition) is 0. The normalized spacial score (nSPS) is 10.1. The quantitative estimate of drug-likeness (QED) is 0.678. The predicted molar refractivity (Wildman–Crippen MR) is 52.1 cm³/mol. The Labute approximate surface area is 81.3 Å². The summed E-state index contributed by atoms with van der Waals surface area (Å²) in [6, 6.07) is 7.79. The lowest BCUT2D eigenvalue weighted by Gasteiger charge is -2.01. The molecule has 3 nitrogen and oxygen atoms in total. The molecule has 0 saturated heterocycles. The van der Waals surface area contributed by atoms with E-state index in [1.807, 2.05) is 31.2 Å². The van der Waals surface area contributed by atoms with E-state index in [0.717, 1.165) is 16.7 Å². The molecule has 70 valence electrons. The van der Waals surface area contributed by atoms with Crippen LogP contribution in [0.1, 0.15) is 16.1 Å². The summed E-state index contributed by atoms with van der Waals surface area (Å²) in [5.41, 5.74) is 2.83. The largest absolute Gasteiger partial charge is 0.353 e. The van der Waals surface area contributed by atoms with E-state index < -0.39 is 0 Å². The minimum Gasteiger partial charge on any atom is -0.353 e. The summed E-state index contributed by atoms with van der Waals surface area (Å²) in [5, 5.41) is 3.60. The van der Waals surface area contributed by atoms with Crippen molar-refractivity contribution in [2.75, 3.05) is 0 Å². The van der Waals surface area contributed by atoms with Crippen molar-refractivity contribution >= 4 is 6.29 Å². The monoisotopic (exact) mass is 187 g/mol. The van der Waals surface area contributed by atoms with Crippen LogP contribution in [0.3, 0.4) is 0 Å². The van der Waals surface area contributed by atoms with Crippen LogP contribution in [-0.2, 0) is 0 Å². The number of benzene rings is 1. The minimum atomic E-state index is 0.277. The molecule has 0 atom stereocenters. The van der Waals surface area contributed by atoms with Gasteiger partial charge in [-0.3, -0.25) is 4.79 Å². The zero-order valence-electron chi connectivity index (χ0n) is 7.73. The molecule has 0 radical (unpaired) electrons. The van der Waals surface area contributed by atoms with Gasteiger partial charge in [-0.05, 0) is 18.1 Å². The Morgan fingerprint density at radius 1 is 1.29 bits per heavy atom. The third-order valence-electron chi connectivity index (χ3n) is 2.14. The molecule has 0 spiro atoms. The molecule has 0 aliphatic heterocycles. The molecule has 0 N–H and O–H groups in total. The Morgan fingerprint density at radius 3 is 2.79 bits per heavy atom. The highest BCUT2D eigenvalue weighted by Gasteiger charge is 2.10. The topological polar surface area (TPSA) is 43.1 Å². The first kappa shape index (κ1) is 8.69. The molecule has 3 heteroatoms. The van der Waals surface area contributed by atoms with E-state index in [2.05, 4.69) is 5.16 Å². The number of carbonyl (C=O) groups excluding carboxylic acids is 1. The van der Waals surface area contributed by atoms with Gasteiger partial charge in [0.2, 0.25) is 5.76 Å². The minimum absolute atomic E-state index is 0.277. The summed E-state index contributed by atoms with van der Waals surface area (Å²) >= 11 is 0. The Kier molecular flexibility index (Phi) is 2.14. The SMILES string of the molecule is Cc1ccccc1-c1cnoc1C=O. The van der Waals surface area contributed by atoms with Crippen molar-refractivity contribution in [1.29, 1.82) is 0 Å². The first-order valence-corrected chi connectivity index (χ1v) is 4.29. The Bertz CT molecular complexity index is 460. The van der Waals surface area contributed by atoms with Crippen LogP contribution >= 0.6 is 0 Å². The Balaban J connectivity index is 2.60. The van der Waals surface area contributed by atoms with Crippen molar-refractivity contribution < 1.29 is 9.32 Å². The lowest BCUT2D eigenvalue weighted by molar-refractivity contribution is 0.109. The van der Waals surface area contributed by atoms with Gasteiger partial charge in [0.05, 0.1) is 11.8 Å². The number of aldehydes is 1. The molecule has 0 amide bonds. The Morgan fingerprint density at radius 2 is 2.07 bits per heavy atom. The summed E-state index contributed by atoms with van der Waals surface area (Å²) in [6.45, 7) is 1.98. The molecule has 2 rings (SSSR count). The van der Waals surface area contributed by atoms with Gasteiger partial charge in [-0.2, -0.15) is 0 Å². The van der Waals surface area contributed by atoms with Crippen molar-refractivity contribution in [3.05, 3.63) is 41.8 Å². The molecule has 0 aliphatic carbocycles. The first-order valence-electron chi connectivity index (χ1n) is 4.29. The van der Waals surface area contributed by atoms with Crippen LogP contribution in [-0.4, -0.2) is 11.4 Å². The third-order valence-corrected chi connectivity index (χ3v) is 2.14. The van der Waals surface area contributed by atoms with Gasteiger partial charge in [-0.25, -0.2) is 0 Å². The smallest absolute Gasteiger partial charge is 0.207 e. The maximum Gasteiger partial charge on any atom is 0.207 e. The molecule has 0 bridgehead atoms. The second-order valence-electron chi connectivity index (χ2n) is 3.04. The number of nitrogens with zero attached hydrogens (tertiary/aromatic N) is 1. The molecule has 1 aromatic carbocycles. The van der Waals surface area contributed by atoms with E-state index in [1.165, 1.54) is 0 Å². The van der Waals surface area contributed by atoms with E-state index in [9.17, 15) is 4.79 Å². The molecule has 14 heavy (non-hydrogen) atoms. The van der Waals surface area contributed by atoms with Crippen LogP contribution in [0.4, 0.5) is 0 Å². The molecule has 0 fully saturated rings. The summed E-state index contributed by atoms with van der Waals surface area (Å²) in [4.78, 5) is 10.6. The number of aromatic nitrogens is 1. The average Bonchev–Trinajstić information content (AvgIpc) is 2.66. The van der Waals surface area contributed by atoms with Gasteiger partial charge in [0.25, 0.3) is 0 Å². The van der Waals surface area contributed by atoms with Crippen molar-refractivity contribution in [2.24, 2.45) is 0 Å². The van der Waals surface area contributed by atoms with Crippen LogP contribution in [0.5, 0.6) is 0 Å². The van der Waals surface area contributed by atoms with E-state index in [0.29, 0.717) is 6.29 Å². The fourth-order valence-corrected chi connectivity index (χ4v) is 1.41. The molecule has 0 aliphatic rings. The van der Waals surface area contributed by atoms with Crippen LogP contribution in [0.25, 0.3) is 11.1 Å². The second kappa shape index (κ2) is 3.46. The van der Waals surface area contributed by atoms with Crippen molar-refractivity contribution in [2.45, 2.75) is 6.92 Å². The van der Waals surface area contributed by atoms with Crippen LogP contribution in [0, 0.1) is 6.92 Å². The number of carbonyl (C=O) groups is 1. The summed E-state index contributed by atoms with van der Waals surface area (Å²) in [7, 11) is 0. The maximum atomic E-state index is 10.6. The fraction of sp³-hybridized carbons (Fsp3) is 0.0909. The summed E-state index contributed by atoms with van der Waals surface area (Å²) < 4.78 is 4.81.